The van der Waals surface area contributed by atoms with Crippen LogP contribution in [0.15, 0.2) is 12.7 Å². The summed E-state index contributed by atoms with van der Waals surface area (Å²) in [7, 11) is 0. The number of ether oxygens (including phenoxy) is 8. The molecular formula is C26H37N5O11. The Morgan fingerprint density at radius 2 is 1.60 bits per heavy atom. The Balaban J connectivity index is 1.64. The van der Waals surface area contributed by atoms with Crippen LogP contribution < -0.4 is 5.32 Å². The lowest BCUT2D eigenvalue weighted by Gasteiger charge is -2.24. The van der Waals surface area contributed by atoms with Gasteiger partial charge in [0, 0.05) is 26.4 Å². The normalized spacial score (nSPS) is 23.6. The molecule has 1 unspecified atom stereocenters. The summed E-state index contributed by atoms with van der Waals surface area (Å²) in [6, 6.07) is 0.0631. The molecule has 2 aliphatic heterocycles. The van der Waals surface area contributed by atoms with Crippen LogP contribution in [0.4, 0.5) is 5.82 Å². The first-order valence-corrected chi connectivity index (χ1v) is 13.9. The Labute approximate surface area is 242 Å². The Morgan fingerprint density at radius 1 is 0.929 bits per heavy atom. The van der Waals surface area contributed by atoms with E-state index in [1.165, 1.54) is 12.7 Å². The number of hydrogen-bond acceptors (Lipinski definition) is 15. The first-order valence-electron chi connectivity index (χ1n) is 13.9. The van der Waals surface area contributed by atoms with Gasteiger partial charge in [-0.25, -0.2) is 29.3 Å². The smallest absolute Gasteiger partial charge is 0.332 e. The third-order valence-corrected chi connectivity index (χ3v) is 6.40. The lowest BCUT2D eigenvalue weighted by atomic mass is 10.1. The van der Waals surface area contributed by atoms with Crippen molar-refractivity contribution in [2.75, 3.05) is 64.8 Å². The Morgan fingerprint density at radius 3 is 2.24 bits per heavy atom. The van der Waals surface area contributed by atoms with E-state index >= 15 is 0 Å². The summed E-state index contributed by atoms with van der Waals surface area (Å²) in [6.45, 7) is 6.04. The van der Waals surface area contributed by atoms with Crippen molar-refractivity contribution in [3.63, 3.8) is 0 Å². The highest BCUT2D eigenvalue weighted by Gasteiger charge is 2.51. The molecule has 232 valence electrons. The van der Waals surface area contributed by atoms with Gasteiger partial charge in [0.1, 0.15) is 38.9 Å². The molecule has 0 aromatic carbocycles. The maximum atomic E-state index is 12.7. The molecule has 0 bridgehead atoms. The Hall–Kier alpha value is -3.44. The fourth-order valence-electron chi connectivity index (χ4n) is 4.46. The SMILES string of the molecule is CCOCC(=O)OC[C@H]1OC(n2cnc3c(N[C@@H]4CCOC4)ncnc32)[C@H](OC(=O)COCC)[C@@H]1OC(=O)COCC. The summed E-state index contributed by atoms with van der Waals surface area (Å²) < 4.78 is 45.5. The van der Waals surface area contributed by atoms with Crippen molar-refractivity contribution in [3.8, 4) is 0 Å². The zero-order valence-corrected chi connectivity index (χ0v) is 23.9. The number of carbonyl (C=O) groups is 3. The van der Waals surface area contributed by atoms with Crippen molar-refractivity contribution in [2.45, 2.75) is 57.8 Å². The summed E-state index contributed by atoms with van der Waals surface area (Å²) in [5.74, 6) is -1.57. The molecule has 2 fully saturated rings. The number of rotatable bonds is 16. The maximum absolute atomic E-state index is 12.7. The van der Waals surface area contributed by atoms with E-state index in [1.54, 1.807) is 25.3 Å². The number of carbonyl (C=O) groups excluding carboxylic acids is 3. The van der Waals surface area contributed by atoms with E-state index in [0.29, 0.717) is 36.8 Å². The number of nitrogens with one attached hydrogen (secondary N) is 1. The molecule has 0 saturated carbocycles. The molecule has 0 spiro atoms. The molecule has 4 heterocycles. The van der Waals surface area contributed by atoms with Crippen molar-refractivity contribution >= 4 is 34.9 Å². The second-order valence-electron chi connectivity index (χ2n) is 9.32. The molecule has 2 saturated heterocycles. The molecule has 0 radical (unpaired) electrons. The third-order valence-electron chi connectivity index (χ3n) is 6.40. The van der Waals surface area contributed by atoms with Crippen LogP contribution >= 0.6 is 0 Å². The predicted octanol–water partition coefficient (Wildman–Crippen LogP) is 0.401. The minimum Gasteiger partial charge on any atom is -0.461 e. The van der Waals surface area contributed by atoms with Gasteiger partial charge in [-0.2, -0.15) is 0 Å². The van der Waals surface area contributed by atoms with E-state index in [4.69, 9.17) is 37.9 Å². The summed E-state index contributed by atoms with van der Waals surface area (Å²) in [6.07, 6.45) is -0.814. The zero-order chi connectivity index (χ0) is 29.9. The lowest BCUT2D eigenvalue weighted by Crippen LogP contribution is -2.42. The van der Waals surface area contributed by atoms with Crippen molar-refractivity contribution in [2.24, 2.45) is 0 Å². The summed E-state index contributed by atoms with van der Waals surface area (Å²) >= 11 is 0. The molecule has 16 nitrogen and oxygen atoms in total. The van der Waals surface area contributed by atoms with E-state index in [0.717, 1.165) is 6.42 Å². The van der Waals surface area contributed by atoms with Crippen LogP contribution in [-0.2, 0) is 52.3 Å². The van der Waals surface area contributed by atoms with Crippen LogP contribution in [0, 0.1) is 0 Å². The Bertz CT molecular complexity index is 1190. The lowest BCUT2D eigenvalue weighted by molar-refractivity contribution is -0.174. The number of imidazole rings is 1. The minimum atomic E-state index is -1.19. The van der Waals surface area contributed by atoms with Gasteiger partial charge in [0.15, 0.2) is 35.4 Å². The summed E-state index contributed by atoms with van der Waals surface area (Å²) in [5.41, 5.74) is 0.819. The highest BCUT2D eigenvalue weighted by Crippen LogP contribution is 2.36. The first-order chi connectivity index (χ1) is 20.4. The number of aromatic nitrogens is 4. The number of nitrogens with zero attached hydrogens (tertiary/aromatic N) is 4. The third kappa shape index (κ3) is 8.10. The highest BCUT2D eigenvalue weighted by molar-refractivity contribution is 5.83. The van der Waals surface area contributed by atoms with Gasteiger partial charge in [0.2, 0.25) is 0 Å². The number of anilines is 1. The molecule has 2 aromatic heterocycles. The summed E-state index contributed by atoms with van der Waals surface area (Å²) in [5, 5.41) is 3.32. The highest BCUT2D eigenvalue weighted by atomic mass is 16.7. The molecule has 4 rings (SSSR count). The zero-order valence-electron chi connectivity index (χ0n) is 23.9. The maximum Gasteiger partial charge on any atom is 0.332 e. The van der Waals surface area contributed by atoms with Crippen LogP contribution in [0.25, 0.3) is 11.2 Å². The van der Waals surface area contributed by atoms with Gasteiger partial charge >= 0.3 is 17.9 Å². The largest absolute Gasteiger partial charge is 0.461 e. The molecular weight excluding hydrogens is 558 g/mol. The van der Waals surface area contributed by atoms with E-state index in [1.807, 2.05) is 0 Å². The van der Waals surface area contributed by atoms with Crippen molar-refractivity contribution < 1.29 is 52.3 Å². The fraction of sp³-hybridized carbons (Fsp3) is 0.692. The number of esters is 3. The van der Waals surface area contributed by atoms with Crippen molar-refractivity contribution in [3.05, 3.63) is 12.7 Å². The van der Waals surface area contributed by atoms with Crippen LogP contribution in [0.1, 0.15) is 33.4 Å². The van der Waals surface area contributed by atoms with Gasteiger partial charge in [0.05, 0.1) is 19.0 Å². The predicted molar refractivity (Wildman–Crippen MR) is 142 cm³/mol. The number of fused-ring (bicyclic) bond motifs is 1. The molecule has 42 heavy (non-hydrogen) atoms. The van der Waals surface area contributed by atoms with Crippen LogP contribution in [-0.4, -0.2) is 121 Å². The first kappa shape index (κ1) is 31.5. The Kier molecular flexibility index (Phi) is 11.8. The average Bonchev–Trinajstić information content (AvgIpc) is 3.73. The minimum absolute atomic E-state index is 0.0631. The molecule has 0 amide bonds. The second-order valence-corrected chi connectivity index (χ2v) is 9.32. The topological polar surface area (TPSA) is 181 Å². The van der Waals surface area contributed by atoms with Crippen molar-refractivity contribution in [1.82, 2.24) is 19.5 Å². The standard InChI is InChI=1S/C26H37N5O11/c1-4-35-11-18(32)39-10-17-22(41-19(33)12-36-5-2)23(42-20(34)13-37-6-3)26(40-17)31-15-29-21-24(27-14-28-25(21)31)30-16-7-8-38-9-16/h14-17,22-23,26H,4-13H2,1-3H3,(H,27,28,30)/t16-,17-,22-,23-,26?/m1/s1. The monoisotopic (exact) mass is 595 g/mol. The van der Waals surface area contributed by atoms with E-state index < -0.39 is 42.4 Å². The van der Waals surface area contributed by atoms with E-state index in [-0.39, 0.29) is 45.7 Å². The van der Waals surface area contributed by atoms with Gasteiger partial charge in [0.25, 0.3) is 0 Å². The second kappa shape index (κ2) is 15.7. The quantitative estimate of drug-likeness (QED) is 0.208. The van der Waals surface area contributed by atoms with Gasteiger partial charge in [-0.15, -0.1) is 0 Å². The molecule has 2 aromatic rings. The van der Waals surface area contributed by atoms with Crippen LogP contribution in [0.5, 0.6) is 0 Å². The number of hydrogen-bond donors (Lipinski definition) is 1. The van der Waals surface area contributed by atoms with Gasteiger partial charge in [-0.3, -0.25) is 4.57 Å². The molecule has 16 heteroatoms. The molecule has 1 N–H and O–H groups in total. The van der Waals surface area contributed by atoms with Crippen LogP contribution in [0.2, 0.25) is 0 Å². The van der Waals surface area contributed by atoms with Crippen LogP contribution in [0.3, 0.4) is 0 Å². The average molecular weight is 596 g/mol. The molecule has 2 aliphatic rings. The van der Waals surface area contributed by atoms with Gasteiger partial charge in [-0.05, 0) is 27.2 Å². The van der Waals surface area contributed by atoms with E-state index in [2.05, 4.69) is 20.3 Å². The summed E-state index contributed by atoms with van der Waals surface area (Å²) in [4.78, 5) is 50.8. The molecule has 5 atom stereocenters. The van der Waals surface area contributed by atoms with Gasteiger partial charge < -0.3 is 43.2 Å². The van der Waals surface area contributed by atoms with Gasteiger partial charge in [-0.1, -0.05) is 0 Å². The molecule has 0 aliphatic carbocycles. The fourth-order valence-corrected chi connectivity index (χ4v) is 4.46. The van der Waals surface area contributed by atoms with E-state index in [9.17, 15) is 14.4 Å². The van der Waals surface area contributed by atoms with Crippen molar-refractivity contribution in [1.29, 1.82) is 0 Å².